The molecule has 4 rings (SSSR count). The molecule has 3 aromatic rings. The van der Waals surface area contributed by atoms with Crippen LogP contribution in [-0.2, 0) is 16.1 Å². The SMILES string of the molecule is Cc1cc(=O)oc2cc(OCC(=O)N[C@@H](CO)C(=O)NCc3ccc4c(c3)OCO4)ccc12. The van der Waals surface area contributed by atoms with Gasteiger partial charge in [-0.25, -0.2) is 4.79 Å². The summed E-state index contributed by atoms with van der Waals surface area (Å²) in [5.41, 5.74) is 1.40. The van der Waals surface area contributed by atoms with Gasteiger partial charge in [-0.1, -0.05) is 6.07 Å². The Morgan fingerprint density at radius 3 is 2.76 bits per heavy atom. The zero-order chi connectivity index (χ0) is 23.4. The monoisotopic (exact) mass is 454 g/mol. The van der Waals surface area contributed by atoms with E-state index in [9.17, 15) is 19.5 Å². The highest BCUT2D eigenvalue weighted by Crippen LogP contribution is 2.32. The molecule has 1 aliphatic heterocycles. The molecule has 2 aromatic carbocycles. The molecule has 10 nitrogen and oxygen atoms in total. The van der Waals surface area contributed by atoms with Crippen molar-refractivity contribution in [3.63, 3.8) is 0 Å². The van der Waals surface area contributed by atoms with Crippen LogP contribution >= 0.6 is 0 Å². The van der Waals surface area contributed by atoms with Gasteiger partial charge in [-0.2, -0.15) is 0 Å². The second-order valence-electron chi connectivity index (χ2n) is 7.40. The quantitative estimate of drug-likeness (QED) is 0.429. The molecule has 33 heavy (non-hydrogen) atoms. The number of amides is 2. The average molecular weight is 454 g/mol. The molecule has 2 heterocycles. The van der Waals surface area contributed by atoms with Gasteiger partial charge in [0, 0.05) is 24.1 Å². The smallest absolute Gasteiger partial charge is 0.336 e. The number of aliphatic hydroxyl groups is 1. The molecule has 0 radical (unpaired) electrons. The number of fused-ring (bicyclic) bond motifs is 2. The first-order valence-electron chi connectivity index (χ1n) is 10.2. The topological polar surface area (TPSA) is 136 Å². The van der Waals surface area contributed by atoms with Crippen LogP contribution in [0.1, 0.15) is 11.1 Å². The molecule has 10 heteroatoms. The van der Waals surface area contributed by atoms with Crippen LogP contribution in [0, 0.1) is 6.92 Å². The largest absolute Gasteiger partial charge is 0.484 e. The molecule has 0 fully saturated rings. The number of ether oxygens (including phenoxy) is 3. The lowest BCUT2D eigenvalue weighted by molar-refractivity contribution is -0.131. The minimum absolute atomic E-state index is 0.152. The molecule has 0 bridgehead atoms. The normalized spacial score (nSPS) is 12.9. The standard InChI is InChI=1S/C23H22N2O8/c1-13-6-22(28)33-19-8-15(3-4-16(13)19)30-11-21(27)25-17(10-26)23(29)24-9-14-2-5-18-20(7-14)32-12-31-18/h2-8,17,26H,9-12H2,1H3,(H,24,29)(H,25,27)/t17-/m0/s1. The minimum Gasteiger partial charge on any atom is -0.484 e. The van der Waals surface area contributed by atoms with E-state index in [4.69, 9.17) is 18.6 Å². The van der Waals surface area contributed by atoms with Gasteiger partial charge >= 0.3 is 5.63 Å². The van der Waals surface area contributed by atoms with Crippen molar-refractivity contribution < 1.29 is 33.3 Å². The van der Waals surface area contributed by atoms with Gasteiger partial charge in [-0.15, -0.1) is 0 Å². The number of nitrogens with one attached hydrogen (secondary N) is 2. The molecule has 2 amide bonds. The van der Waals surface area contributed by atoms with Crippen molar-refractivity contribution in [2.75, 3.05) is 20.0 Å². The number of aryl methyl sites for hydroxylation is 1. The fraction of sp³-hybridized carbons (Fsp3) is 0.261. The number of carbonyl (C=O) groups is 2. The summed E-state index contributed by atoms with van der Waals surface area (Å²) in [6.07, 6.45) is 0. The summed E-state index contributed by atoms with van der Waals surface area (Å²) in [6.45, 7) is 1.14. The van der Waals surface area contributed by atoms with E-state index < -0.39 is 36.7 Å². The second kappa shape index (κ2) is 9.61. The van der Waals surface area contributed by atoms with Crippen LogP contribution in [0.5, 0.6) is 17.2 Å². The van der Waals surface area contributed by atoms with Gasteiger partial charge in [0.05, 0.1) is 6.61 Å². The Morgan fingerprint density at radius 1 is 1.12 bits per heavy atom. The van der Waals surface area contributed by atoms with E-state index in [1.54, 1.807) is 37.3 Å². The molecule has 1 aromatic heterocycles. The zero-order valence-corrected chi connectivity index (χ0v) is 17.8. The van der Waals surface area contributed by atoms with Crippen LogP contribution in [0.2, 0.25) is 0 Å². The molecule has 0 saturated heterocycles. The number of hydrogen-bond donors (Lipinski definition) is 3. The van der Waals surface area contributed by atoms with Crippen LogP contribution in [0.3, 0.4) is 0 Å². The molecular weight excluding hydrogens is 432 g/mol. The van der Waals surface area contributed by atoms with Crippen LogP contribution in [0.4, 0.5) is 0 Å². The van der Waals surface area contributed by atoms with Crippen molar-refractivity contribution in [3.8, 4) is 17.2 Å². The van der Waals surface area contributed by atoms with E-state index in [2.05, 4.69) is 10.6 Å². The van der Waals surface area contributed by atoms with E-state index >= 15 is 0 Å². The third kappa shape index (κ3) is 5.24. The fourth-order valence-corrected chi connectivity index (χ4v) is 3.34. The van der Waals surface area contributed by atoms with E-state index in [-0.39, 0.29) is 13.3 Å². The Kier molecular flexibility index (Phi) is 6.45. The van der Waals surface area contributed by atoms with E-state index in [0.29, 0.717) is 22.8 Å². The van der Waals surface area contributed by atoms with Gasteiger partial charge in [0.1, 0.15) is 17.4 Å². The predicted molar refractivity (Wildman–Crippen MR) is 116 cm³/mol. The van der Waals surface area contributed by atoms with Crippen LogP contribution in [-0.4, -0.2) is 43.0 Å². The van der Waals surface area contributed by atoms with E-state index in [1.807, 2.05) is 0 Å². The highest BCUT2D eigenvalue weighted by Gasteiger charge is 2.20. The third-order valence-corrected chi connectivity index (χ3v) is 5.03. The molecule has 0 saturated carbocycles. The summed E-state index contributed by atoms with van der Waals surface area (Å²) in [5, 5.41) is 15.4. The Bertz CT molecular complexity index is 1250. The Hall–Kier alpha value is -4.05. The molecular formula is C23H22N2O8. The lowest BCUT2D eigenvalue weighted by Crippen LogP contribution is -2.49. The third-order valence-electron chi connectivity index (χ3n) is 5.03. The summed E-state index contributed by atoms with van der Waals surface area (Å²) in [4.78, 5) is 36.2. The van der Waals surface area contributed by atoms with Crippen molar-refractivity contribution in [1.29, 1.82) is 0 Å². The number of carbonyl (C=O) groups excluding carboxylic acids is 2. The first-order valence-corrected chi connectivity index (χ1v) is 10.2. The summed E-state index contributed by atoms with van der Waals surface area (Å²) in [6, 6.07) is 10.4. The van der Waals surface area contributed by atoms with Gasteiger partial charge in [0.15, 0.2) is 18.1 Å². The minimum atomic E-state index is -1.15. The van der Waals surface area contributed by atoms with Crippen molar-refractivity contribution >= 4 is 22.8 Å². The van der Waals surface area contributed by atoms with Gasteiger partial charge in [-0.3, -0.25) is 9.59 Å². The first kappa shape index (κ1) is 22.2. The maximum atomic E-state index is 12.4. The fourth-order valence-electron chi connectivity index (χ4n) is 3.34. The molecule has 0 spiro atoms. The predicted octanol–water partition coefficient (Wildman–Crippen LogP) is 1.00. The summed E-state index contributed by atoms with van der Waals surface area (Å²) >= 11 is 0. The van der Waals surface area contributed by atoms with E-state index in [1.165, 1.54) is 12.1 Å². The summed E-state index contributed by atoms with van der Waals surface area (Å²) < 4.78 is 21.1. The number of hydrogen-bond acceptors (Lipinski definition) is 8. The lowest BCUT2D eigenvalue weighted by Gasteiger charge is -2.16. The average Bonchev–Trinajstić information content (AvgIpc) is 3.27. The van der Waals surface area contributed by atoms with Gasteiger partial charge < -0.3 is 34.4 Å². The highest BCUT2D eigenvalue weighted by molar-refractivity contribution is 5.88. The Balaban J connectivity index is 1.29. The molecule has 0 aliphatic carbocycles. The number of aliphatic hydroxyl groups excluding tert-OH is 1. The van der Waals surface area contributed by atoms with Gasteiger partial charge in [0.2, 0.25) is 12.7 Å². The van der Waals surface area contributed by atoms with E-state index in [0.717, 1.165) is 16.5 Å². The Labute approximate surface area is 188 Å². The van der Waals surface area contributed by atoms with Gasteiger partial charge in [0.25, 0.3) is 5.91 Å². The first-order chi connectivity index (χ1) is 15.9. The maximum absolute atomic E-state index is 12.4. The van der Waals surface area contributed by atoms with Crippen molar-refractivity contribution in [1.82, 2.24) is 10.6 Å². The number of benzene rings is 2. The second-order valence-corrected chi connectivity index (χ2v) is 7.40. The summed E-state index contributed by atoms with van der Waals surface area (Å²) in [5.74, 6) is 0.395. The molecule has 3 N–H and O–H groups in total. The van der Waals surface area contributed by atoms with Gasteiger partial charge in [-0.05, 0) is 42.3 Å². The molecule has 1 aliphatic rings. The molecule has 1 atom stereocenters. The van der Waals surface area contributed by atoms with Crippen LogP contribution < -0.4 is 30.5 Å². The zero-order valence-electron chi connectivity index (χ0n) is 17.8. The van der Waals surface area contributed by atoms with Crippen molar-refractivity contribution in [3.05, 3.63) is 64.0 Å². The Morgan fingerprint density at radius 2 is 1.94 bits per heavy atom. The van der Waals surface area contributed by atoms with Crippen molar-refractivity contribution in [2.24, 2.45) is 0 Å². The number of rotatable bonds is 8. The van der Waals surface area contributed by atoms with Crippen LogP contribution in [0.25, 0.3) is 11.0 Å². The maximum Gasteiger partial charge on any atom is 0.336 e. The molecule has 0 unspecified atom stereocenters. The molecule has 172 valence electrons. The van der Waals surface area contributed by atoms with Crippen molar-refractivity contribution in [2.45, 2.75) is 19.5 Å². The lowest BCUT2D eigenvalue weighted by atomic mass is 10.1. The summed E-state index contributed by atoms with van der Waals surface area (Å²) in [7, 11) is 0. The highest BCUT2D eigenvalue weighted by atomic mass is 16.7. The van der Waals surface area contributed by atoms with Crippen LogP contribution in [0.15, 0.2) is 51.7 Å².